The van der Waals surface area contributed by atoms with Gasteiger partial charge in [-0.05, 0) is 29.8 Å². The van der Waals surface area contributed by atoms with Crippen molar-refractivity contribution in [3.63, 3.8) is 0 Å². The number of hydrogen-bond acceptors (Lipinski definition) is 1. The fraction of sp³-hybridized carbons (Fsp3) is 0.0667. The molecule has 3 aromatic rings. The second kappa shape index (κ2) is 3.67. The van der Waals surface area contributed by atoms with Crippen molar-refractivity contribution in [2.75, 3.05) is 0 Å². The van der Waals surface area contributed by atoms with Gasteiger partial charge in [0.25, 0.3) is 0 Å². The van der Waals surface area contributed by atoms with E-state index in [4.69, 9.17) is 0 Å². The molecule has 0 saturated heterocycles. The van der Waals surface area contributed by atoms with E-state index in [0.29, 0.717) is 5.75 Å². The summed E-state index contributed by atoms with van der Waals surface area (Å²) in [7, 11) is 2.04. The summed E-state index contributed by atoms with van der Waals surface area (Å²) in [5, 5.41) is 10.6. The zero-order chi connectivity index (χ0) is 11.8. The molecule has 0 fully saturated rings. The molecule has 0 radical (unpaired) electrons. The van der Waals surface area contributed by atoms with Gasteiger partial charge in [0.15, 0.2) is 0 Å². The number of hydrogen-bond donors (Lipinski definition) is 1. The first kappa shape index (κ1) is 9.97. The van der Waals surface area contributed by atoms with Crippen molar-refractivity contribution in [1.82, 2.24) is 4.57 Å². The average Bonchev–Trinajstić information content (AvgIpc) is 2.67. The minimum Gasteiger partial charge on any atom is -0.508 e. The average molecular weight is 223 g/mol. The van der Waals surface area contributed by atoms with Crippen LogP contribution in [0.15, 0.2) is 54.6 Å². The molecule has 1 aromatic heterocycles. The summed E-state index contributed by atoms with van der Waals surface area (Å²) in [4.78, 5) is 0. The highest BCUT2D eigenvalue weighted by Crippen LogP contribution is 2.28. The van der Waals surface area contributed by atoms with Gasteiger partial charge in [-0.1, -0.05) is 30.3 Å². The van der Waals surface area contributed by atoms with Crippen LogP contribution in [0.5, 0.6) is 5.75 Å². The van der Waals surface area contributed by atoms with Gasteiger partial charge >= 0.3 is 0 Å². The van der Waals surface area contributed by atoms with E-state index in [1.807, 2.05) is 31.3 Å². The lowest BCUT2D eigenvalue weighted by Crippen LogP contribution is -1.90. The minimum absolute atomic E-state index is 0.308. The van der Waals surface area contributed by atoms with Gasteiger partial charge in [-0.15, -0.1) is 0 Å². The summed E-state index contributed by atoms with van der Waals surface area (Å²) in [6, 6.07) is 17.8. The third kappa shape index (κ3) is 1.58. The van der Waals surface area contributed by atoms with Crippen LogP contribution in [-0.4, -0.2) is 9.67 Å². The van der Waals surface area contributed by atoms with Crippen LogP contribution in [0.3, 0.4) is 0 Å². The number of aryl methyl sites for hydroxylation is 1. The molecule has 0 aliphatic rings. The number of rotatable bonds is 1. The lowest BCUT2D eigenvalue weighted by Gasteiger charge is -2.03. The fourth-order valence-electron chi connectivity index (χ4n) is 2.22. The number of phenolic OH excluding ortho intramolecular Hbond substituents is 1. The van der Waals surface area contributed by atoms with E-state index in [2.05, 4.69) is 22.8 Å². The van der Waals surface area contributed by atoms with E-state index >= 15 is 0 Å². The lowest BCUT2D eigenvalue weighted by atomic mass is 10.1. The molecule has 0 aliphatic heterocycles. The monoisotopic (exact) mass is 223 g/mol. The Morgan fingerprint density at radius 2 is 1.71 bits per heavy atom. The molecule has 84 valence electrons. The van der Waals surface area contributed by atoms with Crippen LogP contribution >= 0.6 is 0 Å². The van der Waals surface area contributed by atoms with Crippen molar-refractivity contribution in [2.45, 2.75) is 0 Å². The molecule has 0 bridgehead atoms. The molecule has 0 aliphatic carbocycles. The predicted octanol–water partition coefficient (Wildman–Crippen LogP) is 3.55. The maximum Gasteiger partial charge on any atom is 0.116 e. The van der Waals surface area contributed by atoms with Crippen molar-refractivity contribution in [1.29, 1.82) is 0 Å². The van der Waals surface area contributed by atoms with Crippen LogP contribution in [0.4, 0.5) is 0 Å². The SMILES string of the molecule is Cn1c(-c2ccccc2)cc2cc(O)ccc21. The molecule has 2 aromatic carbocycles. The maximum absolute atomic E-state index is 9.49. The number of nitrogens with zero attached hydrogens (tertiary/aromatic N) is 1. The first-order valence-electron chi connectivity index (χ1n) is 5.59. The molecule has 17 heavy (non-hydrogen) atoms. The Balaban J connectivity index is 2.28. The Morgan fingerprint density at radius 3 is 2.47 bits per heavy atom. The van der Waals surface area contributed by atoms with Crippen molar-refractivity contribution in [2.24, 2.45) is 7.05 Å². The van der Waals surface area contributed by atoms with E-state index in [-0.39, 0.29) is 0 Å². The van der Waals surface area contributed by atoms with Crippen LogP contribution in [0.1, 0.15) is 0 Å². The van der Waals surface area contributed by atoms with E-state index < -0.39 is 0 Å². The van der Waals surface area contributed by atoms with Gasteiger partial charge in [-0.3, -0.25) is 0 Å². The normalized spacial score (nSPS) is 10.9. The quantitative estimate of drug-likeness (QED) is 0.670. The Kier molecular flexibility index (Phi) is 2.15. The predicted molar refractivity (Wildman–Crippen MR) is 70.0 cm³/mol. The molecular formula is C15H13NO. The van der Waals surface area contributed by atoms with Gasteiger partial charge in [0.05, 0.1) is 0 Å². The lowest BCUT2D eigenvalue weighted by molar-refractivity contribution is 0.476. The van der Waals surface area contributed by atoms with Crippen molar-refractivity contribution < 1.29 is 5.11 Å². The van der Waals surface area contributed by atoms with Crippen LogP contribution in [-0.2, 0) is 7.05 Å². The molecule has 0 spiro atoms. The highest BCUT2D eigenvalue weighted by atomic mass is 16.3. The molecule has 0 unspecified atom stereocenters. The van der Waals surface area contributed by atoms with E-state index in [0.717, 1.165) is 16.6 Å². The molecular weight excluding hydrogens is 210 g/mol. The summed E-state index contributed by atoms with van der Waals surface area (Å²) in [6.07, 6.45) is 0. The number of benzene rings is 2. The van der Waals surface area contributed by atoms with Crippen molar-refractivity contribution in [3.8, 4) is 17.0 Å². The van der Waals surface area contributed by atoms with Crippen LogP contribution < -0.4 is 0 Å². The molecule has 3 rings (SSSR count). The topological polar surface area (TPSA) is 25.2 Å². The molecule has 0 amide bonds. The number of fused-ring (bicyclic) bond motifs is 1. The molecule has 0 saturated carbocycles. The summed E-state index contributed by atoms with van der Waals surface area (Å²) in [5.74, 6) is 0.308. The van der Waals surface area contributed by atoms with Gasteiger partial charge in [-0.25, -0.2) is 0 Å². The zero-order valence-electron chi connectivity index (χ0n) is 9.59. The zero-order valence-corrected chi connectivity index (χ0v) is 9.59. The standard InChI is InChI=1S/C15H13NO/c1-16-14-8-7-13(17)9-12(14)10-15(16)11-5-3-2-4-6-11/h2-10,17H,1H3. The van der Waals surface area contributed by atoms with Gasteiger partial charge in [0, 0.05) is 23.6 Å². The smallest absolute Gasteiger partial charge is 0.116 e. The molecule has 0 atom stereocenters. The Morgan fingerprint density at radius 1 is 0.941 bits per heavy atom. The second-order valence-corrected chi connectivity index (χ2v) is 4.20. The van der Waals surface area contributed by atoms with Crippen LogP contribution in [0, 0.1) is 0 Å². The summed E-state index contributed by atoms with van der Waals surface area (Å²) in [6.45, 7) is 0. The van der Waals surface area contributed by atoms with Gasteiger partial charge < -0.3 is 9.67 Å². The largest absolute Gasteiger partial charge is 0.508 e. The van der Waals surface area contributed by atoms with Crippen LogP contribution in [0.2, 0.25) is 0 Å². The summed E-state index contributed by atoms with van der Waals surface area (Å²) >= 11 is 0. The number of aromatic nitrogens is 1. The molecule has 1 N–H and O–H groups in total. The maximum atomic E-state index is 9.49. The molecule has 2 heteroatoms. The minimum atomic E-state index is 0.308. The van der Waals surface area contributed by atoms with Crippen LogP contribution in [0.25, 0.3) is 22.2 Å². The Hall–Kier alpha value is -2.22. The Labute approximate surface area is 99.7 Å². The molecule has 1 heterocycles. The first-order chi connectivity index (χ1) is 8.25. The van der Waals surface area contributed by atoms with Crippen molar-refractivity contribution >= 4 is 10.9 Å². The summed E-state index contributed by atoms with van der Waals surface area (Å²) < 4.78 is 2.14. The van der Waals surface area contributed by atoms with E-state index in [1.165, 1.54) is 5.56 Å². The van der Waals surface area contributed by atoms with Gasteiger partial charge in [0.2, 0.25) is 0 Å². The van der Waals surface area contributed by atoms with Gasteiger partial charge in [-0.2, -0.15) is 0 Å². The van der Waals surface area contributed by atoms with Crippen molar-refractivity contribution in [3.05, 3.63) is 54.6 Å². The Bertz CT molecular complexity index is 668. The molecule has 2 nitrogen and oxygen atoms in total. The first-order valence-corrected chi connectivity index (χ1v) is 5.59. The van der Waals surface area contributed by atoms with Gasteiger partial charge in [0.1, 0.15) is 5.75 Å². The van der Waals surface area contributed by atoms with E-state index in [1.54, 1.807) is 12.1 Å². The third-order valence-corrected chi connectivity index (χ3v) is 3.10. The number of aromatic hydroxyl groups is 1. The second-order valence-electron chi connectivity index (χ2n) is 4.20. The third-order valence-electron chi connectivity index (χ3n) is 3.10. The summed E-state index contributed by atoms with van der Waals surface area (Å²) in [5.41, 5.74) is 3.47. The highest BCUT2D eigenvalue weighted by molar-refractivity contribution is 5.87. The van der Waals surface area contributed by atoms with E-state index in [9.17, 15) is 5.11 Å². The number of phenols is 1. The highest BCUT2D eigenvalue weighted by Gasteiger charge is 2.07. The fourth-order valence-corrected chi connectivity index (χ4v) is 2.22.